The molecule has 2 aliphatic rings. The number of hydrogen-bond acceptors (Lipinski definition) is 4. The molecule has 6 heteroatoms. The van der Waals surface area contributed by atoms with Crippen molar-refractivity contribution in [1.29, 1.82) is 0 Å². The van der Waals surface area contributed by atoms with E-state index in [0.29, 0.717) is 16.3 Å². The number of aliphatic hydroxyl groups excluding tert-OH is 1. The van der Waals surface area contributed by atoms with E-state index in [1.165, 1.54) is 0 Å². The van der Waals surface area contributed by atoms with Gasteiger partial charge in [0, 0.05) is 16.6 Å². The number of benzene rings is 2. The summed E-state index contributed by atoms with van der Waals surface area (Å²) >= 11 is 5.97. The van der Waals surface area contributed by atoms with Crippen molar-refractivity contribution >= 4 is 29.1 Å². The van der Waals surface area contributed by atoms with Crippen molar-refractivity contribution in [2.75, 3.05) is 0 Å². The molecule has 31 heavy (non-hydrogen) atoms. The van der Waals surface area contributed by atoms with E-state index in [4.69, 9.17) is 16.3 Å². The van der Waals surface area contributed by atoms with E-state index >= 15 is 0 Å². The highest BCUT2D eigenvalue weighted by Gasteiger charge is 2.49. The number of likely N-dealkylation sites (tertiary alicyclic amines) is 1. The number of amides is 1. The van der Waals surface area contributed by atoms with Gasteiger partial charge in [-0.05, 0) is 68.7 Å². The molecule has 1 N–H and O–H groups in total. The summed E-state index contributed by atoms with van der Waals surface area (Å²) in [6.45, 7) is 3.91. The number of nitrogens with zero attached hydrogens (tertiary/aromatic N) is 1. The van der Waals surface area contributed by atoms with E-state index < -0.39 is 17.7 Å². The molecule has 5 nitrogen and oxygen atoms in total. The quantitative estimate of drug-likeness (QED) is 0.380. The lowest BCUT2D eigenvalue weighted by Crippen LogP contribution is -2.37. The van der Waals surface area contributed by atoms with Crippen LogP contribution in [0.1, 0.15) is 56.7 Å². The fourth-order valence-corrected chi connectivity index (χ4v) is 4.63. The minimum absolute atomic E-state index is 0.0106. The van der Waals surface area contributed by atoms with Crippen LogP contribution < -0.4 is 4.74 Å². The molecule has 1 unspecified atom stereocenters. The lowest BCUT2D eigenvalue weighted by Gasteiger charge is -2.30. The molecular formula is C25H26ClNO4. The second kappa shape index (κ2) is 8.75. The van der Waals surface area contributed by atoms with Crippen molar-refractivity contribution in [3.8, 4) is 5.75 Å². The molecule has 2 fully saturated rings. The fraction of sp³-hybridized carbons (Fsp3) is 0.360. The van der Waals surface area contributed by atoms with E-state index in [-0.39, 0.29) is 23.5 Å². The SMILES string of the molecule is CC(C)Oc1ccc(C2/C(=C(/O)c3ccc(Cl)cc3)C(=O)C(=O)N2C2CCCC2)cc1. The van der Waals surface area contributed by atoms with Gasteiger partial charge in [0.05, 0.1) is 17.7 Å². The Bertz CT molecular complexity index is 1000. The normalized spacial score (nSPS) is 21.3. The van der Waals surface area contributed by atoms with Gasteiger partial charge in [-0.25, -0.2) is 0 Å². The summed E-state index contributed by atoms with van der Waals surface area (Å²) in [5.74, 6) is -0.654. The topological polar surface area (TPSA) is 66.8 Å². The molecule has 0 radical (unpaired) electrons. The Hall–Kier alpha value is -2.79. The molecular weight excluding hydrogens is 414 g/mol. The third kappa shape index (κ3) is 4.19. The van der Waals surface area contributed by atoms with Crippen molar-refractivity contribution in [1.82, 2.24) is 4.90 Å². The maximum absolute atomic E-state index is 13.1. The van der Waals surface area contributed by atoms with Gasteiger partial charge >= 0.3 is 0 Å². The molecule has 1 aliphatic carbocycles. The first kappa shape index (κ1) is 21.4. The van der Waals surface area contributed by atoms with Crippen molar-refractivity contribution in [2.24, 2.45) is 0 Å². The average molecular weight is 440 g/mol. The number of ketones is 1. The zero-order valence-corrected chi connectivity index (χ0v) is 18.4. The summed E-state index contributed by atoms with van der Waals surface area (Å²) in [5.41, 5.74) is 1.35. The van der Waals surface area contributed by atoms with Gasteiger partial charge in [0.1, 0.15) is 11.5 Å². The van der Waals surface area contributed by atoms with Crippen LogP contribution in [0, 0.1) is 0 Å². The molecule has 0 bridgehead atoms. The standard InChI is InChI=1S/C25H26ClNO4/c1-15(2)31-20-13-9-16(10-14-20)22-21(23(28)17-7-11-18(26)12-8-17)24(29)25(30)27(22)19-5-3-4-6-19/h7-15,19,22,28H,3-6H2,1-2H3/b23-21-. The van der Waals surface area contributed by atoms with Gasteiger partial charge in [-0.3, -0.25) is 9.59 Å². The molecule has 1 saturated heterocycles. The Morgan fingerprint density at radius 2 is 1.65 bits per heavy atom. The van der Waals surface area contributed by atoms with Crippen LogP contribution in [-0.2, 0) is 9.59 Å². The van der Waals surface area contributed by atoms with Gasteiger partial charge in [-0.15, -0.1) is 0 Å². The van der Waals surface area contributed by atoms with E-state index in [1.54, 1.807) is 29.2 Å². The van der Waals surface area contributed by atoms with Gasteiger partial charge in [-0.2, -0.15) is 0 Å². The average Bonchev–Trinajstić information content (AvgIpc) is 3.35. The Morgan fingerprint density at radius 3 is 2.23 bits per heavy atom. The van der Waals surface area contributed by atoms with Gasteiger partial charge in [0.2, 0.25) is 0 Å². The Labute approximate surface area is 187 Å². The zero-order valence-electron chi connectivity index (χ0n) is 17.7. The van der Waals surface area contributed by atoms with E-state index in [0.717, 1.165) is 31.2 Å². The lowest BCUT2D eigenvalue weighted by molar-refractivity contribution is -0.141. The molecule has 1 atom stereocenters. The monoisotopic (exact) mass is 439 g/mol. The van der Waals surface area contributed by atoms with E-state index in [2.05, 4.69) is 0 Å². The highest BCUT2D eigenvalue weighted by molar-refractivity contribution is 6.46. The van der Waals surface area contributed by atoms with Crippen LogP contribution in [0.2, 0.25) is 5.02 Å². The lowest BCUT2D eigenvalue weighted by atomic mass is 9.94. The number of carbonyl (C=O) groups is 2. The minimum Gasteiger partial charge on any atom is -0.507 e. The molecule has 0 spiro atoms. The van der Waals surface area contributed by atoms with Crippen LogP contribution in [0.4, 0.5) is 0 Å². The molecule has 162 valence electrons. The van der Waals surface area contributed by atoms with Crippen molar-refractivity contribution in [3.63, 3.8) is 0 Å². The van der Waals surface area contributed by atoms with Crippen LogP contribution in [0.5, 0.6) is 5.75 Å². The van der Waals surface area contributed by atoms with Crippen LogP contribution in [0.3, 0.4) is 0 Å². The smallest absolute Gasteiger partial charge is 0.295 e. The number of hydrogen-bond donors (Lipinski definition) is 1. The number of Topliss-reactive ketones (excluding diaryl/α,β-unsaturated/α-hetero) is 1. The highest BCUT2D eigenvalue weighted by atomic mass is 35.5. The Balaban J connectivity index is 1.81. The number of rotatable bonds is 5. The summed E-state index contributed by atoms with van der Waals surface area (Å²) in [6.07, 6.45) is 3.81. The van der Waals surface area contributed by atoms with Crippen molar-refractivity contribution in [3.05, 3.63) is 70.3 Å². The largest absolute Gasteiger partial charge is 0.507 e. The van der Waals surface area contributed by atoms with Crippen LogP contribution >= 0.6 is 11.6 Å². The predicted octanol–water partition coefficient (Wildman–Crippen LogP) is 5.49. The first-order valence-corrected chi connectivity index (χ1v) is 11.1. The summed E-state index contributed by atoms with van der Waals surface area (Å²) in [4.78, 5) is 27.8. The third-order valence-electron chi connectivity index (χ3n) is 5.88. The molecule has 4 rings (SSSR count). The fourth-order valence-electron chi connectivity index (χ4n) is 4.50. The second-order valence-electron chi connectivity index (χ2n) is 8.39. The third-order valence-corrected chi connectivity index (χ3v) is 6.14. The Kier molecular flexibility index (Phi) is 6.05. The second-order valence-corrected chi connectivity index (χ2v) is 8.82. The number of aliphatic hydroxyl groups is 1. The summed E-state index contributed by atoms with van der Waals surface area (Å²) in [6, 6.07) is 13.4. The van der Waals surface area contributed by atoms with E-state index in [9.17, 15) is 14.7 Å². The van der Waals surface area contributed by atoms with E-state index in [1.807, 2.05) is 38.1 Å². The molecule has 1 aliphatic heterocycles. The first-order valence-electron chi connectivity index (χ1n) is 10.7. The summed E-state index contributed by atoms with van der Waals surface area (Å²) in [5, 5.41) is 11.6. The van der Waals surface area contributed by atoms with Gasteiger partial charge in [-0.1, -0.05) is 36.6 Å². The molecule has 2 aromatic rings. The van der Waals surface area contributed by atoms with Gasteiger partial charge in [0.15, 0.2) is 0 Å². The predicted molar refractivity (Wildman–Crippen MR) is 120 cm³/mol. The van der Waals surface area contributed by atoms with Crippen LogP contribution in [0.15, 0.2) is 54.1 Å². The zero-order chi connectivity index (χ0) is 22.1. The van der Waals surface area contributed by atoms with Gasteiger partial charge < -0.3 is 14.7 Å². The molecule has 0 aromatic heterocycles. The summed E-state index contributed by atoms with van der Waals surface area (Å²) < 4.78 is 5.73. The molecule has 1 saturated carbocycles. The molecule has 2 aromatic carbocycles. The number of carbonyl (C=O) groups excluding carboxylic acids is 2. The van der Waals surface area contributed by atoms with Crippen LogP contribution in [-0.4, -0.2) is 33.8 Å². The van der Waals surface area contributed by atoms with Crippen LogP contribution in [0.25, 0.3) is 5.76 Å². The van der Waals surface area contributed by atoms with Crippen molar-refractivity contribution < 1.29 is 19.4 Å². The van der Waals surface area contributed by atoms with Crippen molar-refractivity contribution in [2.45, 2.75) is 57.7 Å². The molecule has 1 heterocycles. The minimum atomic E-state index is -0.646. The number of ether oxygens (including phenoxy) is 1. The molecule has 1 amide bonds. The number of halogens is 1. The Morgan fingerprint density at radius 1 is 1.03 bits per heavy atom. The first-order chi connectivity index (χ1) is 14.9. The highest BCUT2D eigenvalue weighted by Crippen LogP contribution is 2.43. The van der Waals surface area contributed by atoms with Gasteiger partial charge in [0.25, 0.3) is 11.7 Å². The summed E-state index contributed by atoms with van der Waals surface area (Å²) in [7, 11) is 0. The maximum Gasteiger partial charge on any atom is 0.295 e. The maximum atomic E-state index is 13.1.